The maximum absolute atomic E-state index is 13.0. The van der Waals surface area contributed by atoms with E-state index in [4.69, 9.17) is 4.74 Å². The van der Waals surface area contributed by atoms with E-state index in [0.29, 0.717) is 40.0 Å². The smallest absolute Gasteiger partial charge is 0.416 e. The molecule has 0 aromatic heterocycles. The number of fused-ring (bicyclic) bond motifs is 2. The molecular formula is C91H97F9O13S4+2. The molecule has 1 N–H and O–H groups in total. The Hall–Kier alpha value is -9.67. The maximum atomic E-state index is 13.0. The molecule has 2 aliphatic carbocycles. The minimum atomic E-state index is -5.93. The largest absolute Gasteiger partial charge is 0.743 e. The first-order valence-corrected chi connectivity index (χ1v) is 41.9. The summed E-state index contributed by atoms with van der Waals surface area (Å²) in [5.74, 6) is -10.5. The Kier molecular flexibility index (Phi) is 36.8. The average molecular weight is 1700 g/mol. The molecule has 0 radical (unpaired) electrons. The van der Waals surface area contributed by atoms with E-state index in [-0.39, 0.29) is 55.2 Å². The van der Waals surface area contributed by atoms with Crippen molar-refractivity contribution in [3.05, 3.63) is 309 Å². The molecule has 0 heterocycles. The lowest BCUT2D eigenvalue weighted by Crippen LogP contribution is -2.45. The molecule has 2 bridgehead atoms. The Labute approximate surface area is 688 Å². The molecule has 11 rings (SSSR count). The zero-order chi connectivity index (χ0) is 86.4. The van der Waals surface area contributed by atoms with E-state index in [1.165, 1.54) is 63.5 Å². The van der Waals surface area contributed by atoms with Crippen molar-refractivity contribution in [3.8, 4) is 0 Å². The molecule has 26 heteroatoms. The Bertz CT molecular complexity index is 4350. The molecule has 13 nitrogen and oxygen atoms in total. The van der Waals surface area contributed by atoms with Crippen LogP contribution >= 0.6 is 0 Å². The molecule has 5 unspecified atom stereocenters. The highest BCUT2D eigenvalue weighted by atomic mass is 32.2. The van der Waals surface area contributed by atoms with Crippen molar-refractivity contribution in [3.63, 3.8) is 0 Å². The molecule has 624 valence electrons. The molecule has 0 spiro atoms. The first kappa shape index (κ1) is 96.2. The van der Waals surface area contributed by atoms with Crippen molar-refractivity contribution < 1.29 is 100 Å². The Morgan fingerprint density at radius 3 is 1.02 bits per heavy atom. The van der Waals surface area contributed by atoms with Crippen molar-refractivity contribution in [2.75, 3.05) is 33.0 Å². The van der Waals surface area contributed by atoms with Gasteiger partial charge < -0.3 is 33.3 Å². The number of hydrogen-bond acceptors (Lipinski definition) is 13. The molecule has 0 amide bonds. The van der Waals surface area contributed by atoms with Crippen LogP contribution in [-0.2, 0) is 91.1 Å². The number of carbonyl (C=O) groups excluding carboxylic acids is 4. The van der Waals surface area contributed by atoms with Crippen LogP contribution in [0.25, 0.3) is 0 Å². The summed E-state index contributed by atoms with van der Waals surface area (Å²) in [5.41, 5.74) is -1.49. The van der Waals surface area contributed by atoms with Gasteiger partial charge in [-0.1, -0.05) is 198 Å². The van der Waals surface area contributed by atoms with Crippen LogP contribution in [0.1, 0.15) is 86.6 Å². The number of hydrogen-bond donors (Lipinski definition) is 1. The van der Waals surface area contributed by atoms with Crippen molar-refractivity contribution in [2.24, 2.45) is 17.8 Å². The van der Waals surface area contributed by atoms with Gasteiger partial charge in [0.05, 0.1) is 44.9 Å². The van der Waals surface area contributed by atoms with Crippen molar-refractivity contribution in [2.45, 2.75) is 166 Å². The summed E-state index contributed by atoms with van der Waals surface area (Å²) in [6, 6.07) is 95.0. The second-order valence-corrected chi connectivity index (χ2v) is 36.4. The van der Waals surface area contributed by atoms with Crippen LogP contribution in [-0.4, -0.2) is 110 Å². The molecule has 2 aliphatic rings. The third kappa shape index (κ3) is 32.3. The number of halogens is 9. The van der Waals surface area contributed by atoms with Gasteiger partial charge in [0.2, 0.25) is 0 Å². The zero-order valence-electron chi connectivity index (χ0n) is 66.1. The van der Waals surface area contributed by atoms with Crippen molar-refractivity contribution in [1.29, 1.82) is 0 Å². The molecule has 0 aliphatic heterocycles. The minimum Gasteiger partial charge on any atom is -0.743 e. The number of esters is 4. The second-order valence-electron chi connectivity index (χ2n) is 28.8. The Morgan fingerprint density at radius 1 is 0.427 bits per heavy atom. The van der Waals surface area contributed by atoms with Gasteiger partial charge in [-0.3, -0.25) is 0 Å². The molecule has 9 aromatic rings. The zero-order valence-corrected chi connectivity index (χ0v) is 69.3. The van der Waals surface area contributed by atoms with Gasteiger partial charge in [0.15, 0.2) is 79.6 Å². The SMILES string of the molecule is C=C(C)C(=O)OCC(=O)OCC(C)(F)F.C=C(C)C(=O)OCC(C)(F)F.C=C(COCC(F)(F)S(=O)(=O)[O-])C(=O)OC1CC2CC(CC(C)(O)C(F)(F)F)C1C2.CC(C)(C)c1ccc([S+](c2ccccc2)c2ccccc2)cc1.c1ccc([S+](c2ccccc2)c2ccccc2)cc1.c1ccc([S+](c2ccccc2)c2ccccc2)cc1. The summed E-state index contributed by atoms with van der Waals surface area (Å²) in [7, 11) is -6.01. The van der Waals surface area contributed by atoms with Crippen molar-refractivity contribution >= 4 is 66.7 Å². The van der Waals surface area contributed by atoms with Crippen LogP contribution in [0.15, 0.2) is 347 Å². The summed E-state index contributed by atoms with van der Waals surface area (Å²) >= 11 is 0. The highest BCUT2D eigenvalue weighted by molar-refractivity contribution is 7.97. The molecule has 117 heavy (non-hydrogen) atoms. The average Bonchev–Trinajstić information content (AvgIpc) is 1.63. The lowest BCUT2D eigenvalue weighted by Gasteiger charge is -2.35. The van der Waals surface area contributed by atoms with Crippen molar-refractivity contribution in [1.82, 2.24) is 0 Å². The number of rotatable bonds is 26. The van der Waals surface area contributed by atoms with Crippen LogP contribution < -0.4 is 0 Å². The lowest BCUT2D eigenvalue weighted by molar-refractivity contribution is -0.260. The van der Waals surface area contributed by atoms with E-state index in [1.54, 1.807) is 0 Å². The summed E-state index contributed by atoms with van der Waals surface area (Å²) in [6.45, 7) is 16.1. The Morgan fingerprint density at radius 2 is 0.735 bits per heavy atom. The van der Waals surface area contributed by atoms with Crippen LogP contribution in [0.2, 0.25) is 0 Å². The van der Waals surface area contributed by atoms with Gasteiger partial charge >= 0.3 is 35.3 Å². The van der Waals surface area contributed by atoms with E-state index < -0.39 is 126 Å². The van der Waals surface area contributed by atoms with Gasteiger partial charge in [0.25, 0.3) is 11.8 Å². The highest BCUT2D eigenvalue weighted by Gasteiger charge is 2.56. The quantitative estimate of drug-likeness (QED) is 0.0135. The number of benzene rings is 9. The van der Waals surface area contributed by atoms with Gasteiger partial charge in [-0.15, -0.1) is 0 Å². The van der Waals surface area contributed by atoms with Crippen LogP contribution in [0.3, 0.4) is 0 Å². The number of ether oxygens (including phenoxy) is 5. The third-order valence-electron chi connectivity index (χ3n) is 17.4. The van der Waals surface area contributed by atoms with E-state index >= 15 is 0 Å². The predicted octanol–water partition coefficient (Wildman–Crippen LogP) is 21.1. The Balaban J connectivity index is 0.000000224. The topological polar surface area (TPSA) is 192 Å². The fourth-order valence-electron chi connectivity index (χ4n) is 11.6. The molecule has 9 aromatic carbocycles. The standard InChI is InChI=1S/C22H23S.2C18H15S.C17H23F5O7S.C9H12F2O4.C7H10F2O2/c1-22(2,3)18-14-16-21(17-15-18)23(19-10-6-4-7-11-19)20-12-8-5-9-13-20;2*1-4-10-16(11-5-1)19(17-12-6-2-7-13-17)18-14-8-3-9-15-18;1-9(7-28-8-16(18,19)30(25,26)27)14(23)29-13-5-10-3-11(12(13)4-10)6-15(2,24)17(20,21)22;1-6(2)8(13)14-4-7(12)15-5-9(3,10)11;1-5(2)6(10)11-4-7(3,8)9/h4-17H,1-3H3;2*1-15H;10-13,24H,1,3-8H2,2H3,(H,25,26,27);1,4-5H2,2-3H3;1,4H2,2-3H3/q3*+1;;;/p-1. The van der Waals surface area contributed by atoms with Gasteiger partial charge in [-0.05, 0) is 184 Å². The molecule has 2 fully saturated rings. The number of alkyl halides is 9. The summed E-state index contributed by atoms with van der Waals surface area (Å²) < 4.78 is 167. The number of aliphatic hydroxyl groups is 1. The first-order chi connectivity index (χ1) is 54.9. The maximum Gasteiger partial charge on any atom is 0.416 e. The highest BCUT2D eigenvalue weighted by Crippen LogP contribution is 2.54. The van der Waals surface area contributed by atoms with Gasteiger partial charge in [0.1, 0.15) is 12.7 Å². The third-order valence-corrected chi connectivity index (χ3v) is 24.9. The van der Waals surface area contributed by atoms with Gasteiger partial charge in [-0.2, -0.15) is 22.0 Å². The summed E-state index contributed by atoms with van der Waals surface area (Å²) in [5, 5.41) is 5.05. The second kappa shape index (κ2) is 44.8. The molecular weight excluding hydrogens is 1600 g/mol. The first-order valence-electron chi connectivity index (χ1n) is 36.8. The van der Waals surface area contributed by atoms with Crippen LogP contribution in [0.4, 0.5) is 39.5 Å². The van der Waals surface area contributed by atoms with Crippen LogP contribution in [0.5, 0.6) is 0 Å². The van der Waals surface area contributed by atoms with Crippen LogP contribution in [0, 0.1) is 17.8 Å². The minimum absolute atomic E-state index is 0.0146. The summed E-state index contributed by atoms with van der Waals surface area (Å²) in [4.78, 5) is 56.4. The van der Waals surface area contributed by atoms with E-state index in [2.05, 4.69) is 326 Å². The predicted molar refractivity (Wildman–Crippen MR) is 437 cm³/mol. The fourth-order valence-corrected chi connectivity index (χ4v) is 18.2. The van der Waals surface area contributed by atoms with E-state index in [9.17, 15) is 76.8 Å². The molecule has 0 saturated heterocycles. The lowest BCUT2D eigenvalue weighted by atomic mass is 9.79. The molecule has 5 atom stereocenters. The number of carbonyl (C=O) groups is 4. The summed E-state index contributed by atoms with van der Waals surface area (Å²) in [6.07, 6.45) is -4.63. The van der Waals surface area contributed by atoms with Gasteiger partial charge in [0, 0.05) is 25.0 Å². The molecule has 2 saturated carbocycles. The normalized spacial score (nSPS) is 15.5. The van der Waals surface area contributed by atoms with E-state index in [1.807, 2.05) is 0 Å². The van der Waals surface area contributed by atoms with Gasteiger partial charge in [-0.25, -0.2) is 45.2 Å². The monoisotopic (exact) mass is 1700 g/mol. The van der Waals surface area contributed by atoms with E-state index in [0.717, 1.165) is 0 Å². The fraction of sp³-hybridized carbons (Fsp3) is 0.297.